The summed E-state index contributed by atoms with van der Waals surface area (Å²) in [4.78, 5) is 23.2. The first-order chi connectivity index (χ1) is 8.61. The zero-order valence-corrected chi connectivity index (χ0v) is 10.7. The van der Waals surface area contributed by atoms with Gasteiger partial charge in [-0.3, -0.25) is 9.59 Å². The van der Waals surface area contributed by atoms with Gasteiger partial charge in [0.1, 0.15) is 5.92 Å². The highest BCUT2D eigenvalue weighted by Crippen LogP contribution is 2.27. The number of esters is 1. The number of rotatable bonds is 2. The molecule has 1 aliphatic heterocycles. The molecule has 0 aliphatic carbocycles. The fourth-order valence-corrected chi connectivity index (χ4v) is 2.25. The lowest BCUT2D eigenvalue weighted by atomic mass is 9.90. The molecule has 0 spiro atoms. The first-order valence-electron chi connectivity index (χ1n) is 5.75. The molecule has 1 aromatic carbocycles. The van der Waals surface area contributed by atoms with E-state index in [1.165, 1.54) is 7.11 Å². The summed E-state index contributed by atoms with van der Waals surface area (Å²) in [5.74, 6) is -1.42. The fraction of sp³-hybridized carbons (Fsp3) is 0.385. The van der Waals surface area contributed by atoms with Gasteiger partial charge in [-0.15, -0.1) is 0 Å². The van der Waals surface area contributed by atoms with Gasteiger partial charge in [0.15, 0.2) is 0 Å². The van der Waals surface area contributed by atoms with Crippen molar-refractivity contribution in [1.82, 2.24) is 5.32 Å². The third kappa shape index (κ3) is 2.64. The number of carbonyl (C=O) groups excluding carboxylic acids is 2. The van der Waals surface area contributed by atoms with Crippen LogP contribution < -0.4 is 5.32 Å². The maximum atomic E-state index is 11.8. The monoisotopic (exact) mass is 267 g/mol. The summed E-state index contributed by atoms with van der Waals surface area (Å²) < 4.78 is 4.60. The molecule has 2 rings (SSSR count). The third-order valence-electron chi connectivity index (χ3n) is 3.14. The van der Waals surface area contributed by atoms with Crippen molar-refractivity contribution in [3.63, 3.8) is 0 Å². The molecule has 1 N–H and O–H groups in total. The van der Waals surface area contributed by atoms with E-state index in [1.807, 2.05) is 12.1 Å². The van der Waals surface area contributed by atoms with Crippen LogP contribution in [-0.4, -0.2) is 19.0 Å². The maximum Gasteiger partial charge on any atom is 0.318 e. The van der Waals surface area contributed by atoms with Crippen LogP contribution in [0.1, 0.15) is 24.4 Å². The molecule has 96 valence electrons. The molecule has 0 radical (unpaired) electrons. The minimum atomic E-state index is -0.682. The van der Waals surface area contributed by atoms with Gasteiger partial charge in [0.2, 0.25) is 5.91 Å². The highest BCUT2D eigenvalue weighted by atomic mass is 35.5. The fourth-order valence-electron chi connectivity index (χ4n) is 2.12. The van der Waals surface area contributed by atoms with Crippen LogP contribution in [0, 0.1) is 5.92 Å². The van der Waals surface area contributed by atoms with Crippen molar-refractivity contribution < 1.29 is 14.3 Å². The van der Waals surface area contributed by atoms with Gasteiger partial charge in [0.05, 0.1) is 13.2 Å². The highest BCUT2D eigenvalue weighted by molar-refractivity contribution is 6.30. The molecule has 0 aromatic heterocycles. The van der Waals surface area contributed by atoms with Crippen molar-refractivity contribution in [2.24, 2.45) is 5.92 Å². The lowest BCUT2D eigenvalue weighted by molar-refractivity contribution is -0.151. The zero-order valence-electron chi connectivity index (χ0n) is 9.98. The summed E-state index contributed by atoms with van der Waals surface area (Å²) in [6, 6.07) is 7.28. The van der Waals surface area contributed by atoms with Crippen molar-refractivity contribution in [2.45, 2.75) is 18.9 Å². The zero-order chi connectivity index (χ0) is 13.1. The summed E-state index contributed by atoms with van der Waals surface area (Å²) in [6.45, 7) is 0. The van der Waals surface area contributed by atoms with E-state index < -0.39 is 11.9 Å². The topological polar surface area (TPSA) is 55.4 Å². The molecule has 1 saturated heterocycles. The Morgan fingerprint density at radius 2 is 2.00 bits per heavy atom. The van der Waals surface area contributed by atoms with Gasteiger partial charge < -0.3 is 10.1 Å². The SMILES string of the molecule is COC(=O)C1CCC(c2ccc(Cl)cc2)NC1=O. The standard InChI is InChI=1S/C13H14ClNO3/c1-18-13(17)10-6-7-11(15-12(10)16)8-2-4-9(14)5-3-8/h2-5,10-11H,6-7H2,1H3,(H,15,16). The van der Waals surface area contributed by atoms with Gasteiger partial charge in [-0.2, -0.15) is 0 Å². The molecular formula is C13H14ClNO3. The Morgan fingerprint density at radius 1 is 1.33 bits per heavy atom. The minimum absolute atomic E-state index is 0.0596. The van der Waals surface area contributed by atoms with Crippen LogP contribution >= 0.6 is 11.6 Å². The molecule has 4 nitrogen and oxygen atoms in total. The first kappa shape index (κ1) is 12.9. The number of amides is 1. The molecule has 18 heavy (non-hydrogen) atoms. The molecule has 2 unspecified atom stereocenters. The van der Waals surface area contributed by atoms with E-state index in [9.17, 15) is 9.59 Å². The quantitative estimate of drug-likeness (QED) is 0.659. The minimum Gasteiger partial charge on any atom is -0.468 e. The van der Waals surface area contributed by atoms with Gasteiger partial charge in [-0.1, -0.05) is 23.7 Å². The molecule has 2 atom stereocenters. The number of methoxy groups -OCH3 is 1. The van der Waals surface area contributed by atoms with E-state index >= 15 is 0 Å². The second-order valence-corrected chi connectivity index (χ2v) is 4.70. The Bertz CT molecular complexity index is 458. The Morgan fingerprint density at radius 3 is 2.56 bits per heavy atom. The number of benzene rings is 1. The number of hydrogen-bond donors (Lipinski definition) is 1. The highest BCUT2D eigenvalue weighted by Gasteiger charge is 2.34. The van der Waals surface area contributed by atoms with Gasteiger partial charge in [0, 0.05) is 5.02 Å². The Balaban J connectivity index is 2.06. The molecule has 1 heterocycles. The van der Waals surface area contributed by atoms with Crippen molar-refractivity contribution in [3.05, 3.63) is 34.9 Å². The molecule has 1 amide bonds. The van der Waals surface area contributed by atoms with Crippen LogP contribution in [0.5, 0.6) is 0 Å². The first-order valence-corrected chi connectivity index (χ1v) is 6.13. The van der Waals surface area contributed by atoms with Crippen LogP contribution in [0.4, 0.5) is 0 Å². The predicted octanol–water partition coefficient (Wildman–Crippen LogP) is 2.08. The van der Waals surface area contributed by atoms with Crippen molar-refractivity contribution >= 4 is 23.5 Å². The molecule has 0 bridgehead atoms. The normalized spacial score (nSPS) is 23.3. The van der Waals surface area contributed by atoms with Gasteiger partial charge >= 0.3 is 5.97 Å². The van der Waals surface area contributed by atoms with Crippen LogP contribution in [0.2, 0.25) is 5.02 Å². The molecular weight excluding hydrogens is 254 g/mol. The Kier molecular flexibility index (Phi) is 3.87. The van der Waals surface area contributed by atoms with E-state index in [-0.39, 0.29) is 11.9 Å². The van der Waals surface area contributed by atoms with Crippen molar-refractivity contribution in [1.29, 1.82) is 0 Å². The summed E-state index contributed by atoms with van der Waals surface area (Å²) in [5, 5.41) is 3.50. The number of halogens is 1. The third-order valence-corrected chi connectivity index (χ3v) is 3.39. The molecule has 0 saturated carbocycles. The van der Waals surface area contributed by atoms with Crippen molar-refractivity contribution in [3.8, 4) is 0 Å². The van der Waals surface area contributed by atoms with E-state index in [1.54, 1.807) is 12.1 Å². The lowest BCUT2D eigenvalue weighted by Gasteiger charge is -2.28. The number of piperidine rings is 1. The second kappa shape index (κ2) is 5.40. The van der Waals surface area contributed by atoms with Crippen molar-refractivity contribution in [2.75, 3.05) is 7.11 Å². The number of hydrogen-bond acceptors (Lipinski definition) is 3. The molecule has 1 aromatic rings. The van der Waals surface area contributed by atoms with Gasteiger partial charge in [-0.25, -0.2) is 0 Å². The van der Waals surface area contributed by atoms with E-state index in [0.717, 1.165) is 5.56 Å². The molecule has 1 fully saturated rings. The van der Waals surface area contributed by atoms with Gasteiger partial charge in [-0.05, 0) is 30.5 Å². The predicted molar refractivity (Wildman–Crippen MR) is 67.1 cm³/mol. The summed E-state index contributed by atoms with van der Waals surface area (Å²) in [5.41, 5.74) is 0.996. The van der Waals surface area contributed by atoms with Gasteiger partial charge in [0.25, 0.3) is 0 Å². The summed E-state index contributed by atoms with van der Waals surface area (Å²) >= 11 is 5.81. The smallest absolute Gasteiger partial charge is 0.318 e. The van der Waals surface area contributed by atoms with Crippen LogP contribution in [-0.2, 0) is 14.3 Å². The second-order valence-electron chi connectivity index (χ2n) is 4.27. The Labute approximate surface area is 110 Å². The van der Waals surface area contributed by atoms with E-state index in [0.29, 0.717) is 17.9 Å². The number of ether oxygens (including phenoxy) is 1. The lowest BCUT2D eigenvalue weighted by Crippen LogP contribution is -2.42. The molecule has 5 heteroatoms. The maximum absolute atomic E-state index is 11.8. The number of nitrogens with one attached hydrogen (secondary N) is 1. The van der Waals surface area contributed by atoms with E-state index in [2.05, 4.69) is 10.1 Å². The van der Waals surface area contributed by atoms with Crippen LogP contribution in [0.25, 0.3) is 0 Å². The largest absolute Gasteiger partial charge is 0.468 e. The molecule has 1 aliphatic rings. The Hall–Kier alpha value is -1.55. The summed E-state index contributed by atoms with van der Waals surface area (Å²) in [6.07, 6.45) is 1.22. The average molecular weight is 268 g/mol. The average Bonchev–Trinajstić information content (AvgIpc) is 2.38. The number of carbonyl (C=O) groups is 2. The van der Waals surface area contributed by atoms with E-state index in [4.69, 9.17) is 11.6 Å². The summed E-state index contributed by atoms with van der Waals surface area (Å²) in [7, 11) is 1.29. The van der Waals surface area contributed by atoms with Crippen LogP contribution in [0.15, 0.2) is 24.3 Å². The van der Waals surface area contributed by atoms with Crippen LogP contribution in [0.3, 0.4) is 0 Å².